The molecule has 0 aromatic rings. The van der Waals surface area contributed by atoms with Gasteiger partial charge in [-0.05, 0) is 6.42 Å². The Morgan fingerprint density at radius 1 is 1.27 bits per heavy atom. The van der Waals surface area contributed by atoms with Crippen LogP contribution in [0.3, 0.4) is 0 Å². The minimum absolute atomic E-state index is 0.0267. The SMILES string of the molecule is O[C@@H]1C=C[C@@H]2[C@H]1N2CCC1OCCCO1. The molecule has 0 aromatic heterocycles. The summed E-state index contributed by atoms with van der Waals surface area (Å²) in [6.07, 6.45) is 5.61. The number of aliphatic hydroxyl groups is 1. The minimum atomic E-state index is -0.261. The van der Waals surface area contributed by atoms with Crippen molar-refractivity contribution >= 4 is 0 Å². The van der Waals surface area contributed by atoms with E-state index in [2.05, 4.69) is 11.0 Å². The average Bonchev–Trinajstić information content (AvgIpc) is 2.85. The maximum atomic E-state index is 9.56. The molecule has 0 saturated carbocycles. The van der Waals surface area contributed by atoms with E-state index in [0.29, 0.717) is 12.1 Å². The first-order valence-electron chi connectivity index (χ1n) is 5.71. The summed E-state index contributed by atoms with van der Waals surface area (Å²) >= 11 is 0. The van der Waals surface area contributed by atoms with Crippen molar-refractivity contribution in [3.05, 3.63) is 12.2 Å². The Morgan fingerprint density at radius 3 is 2.73 bits per heavy atom. The number of hydrogen-bond donors (Lipinski definition) is 1. The summed E-state index contributed by atoms with van der Waals surface area (Å²) in [5.74, 6) is 0. The highest BCUT2D eigenvalue weighted by Crippen LogP contribution is 2.37. The topological polar surface area (TPSA) is 41.7 Å². The summed E-state index contributed by atoms with van der Waals surface area (Å²) in [4.78, 5) is 2.30. The van der Waals surface area contributed by atoms with E-state index in [1.807, 2.05) is 6.08 Å². The van der Waals surface area contributed by atoms with E-state index >= 15 is 0 Å². The van der Waals surface area contributed by atoms with Crippen molar-refractivity contribution < 1.29 is 14.6 Å². The van der Waals surface area contributed by atoms with Gasteiger partial charge in [-0.3, -0.25) is 4.90 Å². The van der Waals surface area contributed by atoms with Gasteiger partial charge in [0.15, 0.2) is 6.29 Å². The van der Waals surface area contributed by atoms with Crippen LogP contribution in [0.15, 0.2) is 12.2 Å². The van der Waals surface area contributed by atoms with Gasteiger partial charge in [-0.15, -0.1) is 0 Å². The van der Waals surface area contributed by atoms with E-state index in [-0.39, 0.29) is 12.4 Å². The van der Waals surface area contributed by atoms with E-state index in [4.69, 9.17) is 9.47 Å². The lowest BCUT2D eigenvalue weighted by Crippen LogP contribution is -2.28. The van der Waals surface area contributed by atoms with E-state index in [9.17, 15) is 5.11 Å². The van der Waals surface area contributed by atoms with Crippen molar-refractivity contribution in [3.8, 4) is 0 Å². The van der Waals surface area contributed by atoms with Crippen LogP contribution in [0.25, 0.3) is 0 Å². The Morgan fingerprint density at radius 2 is 2.07 bits per heavy atom. The van der Waals surface area contributed by atoms with Crippen molar-refractivity contribution in [1.29, 1.82) is 0 Å². The van der Waals surface area contributed by atoms with Crippen molar-refractivity contribution in [2.45, 2.75) is 37.3 Å². The van der Waals surface area contributed by atoms with Crippen LogP contribution in [0.2, 0.25) is 0 Å². The van der Waals surface area contributed by atoms with Gasteiger partial charge in [0.25, 0.3) is 0 Å². The Hall–Kier alpha value is -0.420. The predicted molar refractivity (Wildman–Crippen MR) is 54.4 cm³/mol. The number of aliphatic hydroxyl groups excluding tert-OH is 1. The van der Waals surface area contributed by atoms with Gasteiger partial charge in [-0.2, -0.15) is 0 Å². The fourth-order valence-corrected chi connectivity index (χ4v) is 2.54. The Balaban J connectivity index is 1.42. The third-order valence-corrected chi connectivity index (χ3v) is 3.40. The molecule has 4 heteroatoms. The Bertz CT molecular complexity index is 263. The van der Waals surface area contributed by atoms with Gasteiger partial charge in [-0.25, -0.2) is 0 Å². The van der Waals surface area contributed by atoms with Crippen LogP contribution in [0, 0.1) is 0 Å². The lowest BCUT2D eigenvalue weighted by atomic mass is 10.3. The lowest BCUT2D eigenvalue weighted by Gasteiger charge is -2.23. The second-order valence-corrected chi connectivity index (χ2v) is 4.41. The molecule has 15 heavy (non-hydrogen) atoms. The van der Waals surface area contributed by atoms with E-state index in [0.717, 1.165) is 32.6 Å². The van der Waals surface area contributed by atoms with Crippen molar-refractivity contribution in [2.24, 2.45) is 0 Å². The van der Waals surface area contributed by atoms with E-state index < -0.39 is 0 Å². The fraction of sp³-hybridized carbons (Fsp3) is 0.818. The number of rotatable bonds is 3. The van der Waals surface area contributed by atoms with Gasteiger partial charge >= 0.3 is 0 Å². The molecule has 4 atom stereocenters. The quantitative estimate of drug-likeness (QED) is 0.532. The molecule has 2 saturated heterocycles. The molecule has 1 N–H and O–H groups in total. The first-order chi connectivity index (χ1) is 7.36. The Labute approximate surface area is 89.5 Å². The first-order valence-corrected chi connectivity index (χ1v) is 5.71. The molecule has 3 rings (SSSR count). The fourth-order valence-electron chi connectivity index (χ4n) is 2.54. The molecule has 4 nitrogen and oxygen atoms in total. The molecule has 1 unspecified atom stereocenters. The second-order valence-electron chi connectivity index (χ2n) is 4.41. The van der Waals surface area contributed by atoms with Gasteiger partial charge in [0.2, 0.25) is 0 Å². The zero-order chi connectivity index (χ0) is 10.3. The van der Waals surface area contributed by atoms with Crippen LogP contribution >= 0.6 is 0 Å². The molecule has 2 heterocycles. The van der Waals surface area contributed by atoms with Crippen LogP contribution in [0.5, 0.6) is 0 Å². The number of ether oxygens (including phenoxy) is 2. The molecule has 2 fully saturated rings. The molecule has 3 aliphatic rings. The average molecular weight is 211 g/mol. The summed E-state index contributed by atoms with van der Waals surface area (Å²) in [5.41, 5.74) is 0. The highest BCUT2D eigenvalue weighted by molar-refractivity contribution is 5.26. The monoisotopic (exact) mass is 211 g/mol. The van der Waals surface area contributed by atoms with Gasteiger partial charge in [-0.1, -0.05) is 12.2 Å². The maximum Gasteiger partial charge on any atom is 0.158 e. The normalized spacial score (nSPS) is 44.3. The first kappa shape index (κ1) is 9.78. The molecular formula is C11H17NO3. The van der Waals surface area contributed by atoms with Crippen molar-refractivity contribution in [2.75, 3.05) is 19.8 Å². The smallest absolute Gasteiger partial charge is 0.158 e. The molecule has 2 aliphatic heterocycles. The van der Waals surface area contributed by atoms with Gasteiger partial charge < -0.3 is 14.6 Å². The Kier molecular flexibility index (Phi) is 2.52. The zero-order valence-electron chi connectivity index (χ0n) is 8.71. The molecular weight excluding hydrogens is 194 g/mol. The van der Waals surface area contributed by atoms with Gasteiger partial charge in [0.05, 0.1) is 25.4 Å². The second kappa shape index (κ2) is 3.87. The molecule has 84 valence electrons. The maximum absolute atomic E-state index is 9.56. The van der Waals surface area contributed by atoms with Gasteiger partial charge in [0.1, 0.15) is 0 Å². The van der Waals surface area contributed by atoms with Crippen molar-refractivity contribution in [1.82, 2.24) is 4.90 Å². The summed E-state index contributed by atoms with van der Waals surface area (Å²) < 4.78 is 11.0. The van der Waals surface area contributed by atoms with Crippen molar-refractivity contribution in [3.63, 3.8) is 0 Å². The number of nitrogens with zero attached hydrogens (tertiary/aromatic N) is 1. The number of fused-ring (bicyclic) bond motifs is 1. The number of hydrogen-bond acceptors (Lipinski definition) is 4. The molecule has 0 spiro atoms. The molecule has 1 aliphatic carbocycles. The summed E-state index contributed by atoms with van der Waals surface area (Å²) in [5, 5.41) is 9.56. The third-order valence-electron chi connectivity index (χ3n) is 3.40. The van der Waals surface area contributed by atoms with E-state index in [1.54, 1.807) is 0 Å². The predicted octanol–water partition coefficient (Wildman–Crippen LogP) is 0.123. The minimum Gasteiger partial charge on any atom is -0.387 e. The summed E-state index contributed by atoms with van der Waals surface area (Å²) in [7, 11) is 0. The highest BCUT2D eigenvalue weighted by Gasteiger charge is 2.52. The summed E-state index contributed by atoms with van der Waals surface area (Å²) in [6.45, 7) is 2.60. The third kappa shape index (κ3) is 1.83. The standard InChI is InChI=1S/C11H17NO3/c13-9-3-2-8-11(9)12(8)5-4-10-14-6-1-7-15-10/h2-3,8-11,13H,1,4-7H2/t8-,9-,11-,12?/m1/s1. The van der Waals surface area contributed by atoms with Gasteiger partial charge in [0, 0.05) is 19.0 Å². The molecule has 0 radical (unpaired) electrons. The molecule has 0 bridgehead atoms. The molecule has 0 amide bonds. The lowest BCUT2D eigenvalue weighted by molar-refractivity contribution is -0.181. The van der Waals surface area contributed by atoms with E-state index in [1.165, 1.54) is 0 Å². The summed E-state index contributed by atoms with van der Waals surface area (Å²) in [6, 6.07) is 0.817. The highest BCUT2D eigenvalue weighted by atomic mass is 16.7. The van der Waals surface area contributed by atoms with Crippen LogP contribution in [-0.4, -0.2) is 54.2 Å². The van der Waals surface area contributed by atoms with Crippen LogP contribution < -0.4 is 0 Å². The van der Waals surface area contributed by atoms with Crippen LogP contribution in [-0.2, 0) is 9.47 Å². The molecule has 0 aromatic carbocycles. The van der Waals surface area contributed by atoms with Crippen LogP contribution in [0.4, 0.5) is 0 Å². The van der Waals surface area contributed by atoms with Crippen LogP contribution in [0.1, 0.15) is 12.8 Å². The zero-order valence-corrected chi connectivity index (χ0v) is 8.71. The largest absolute Gasteiger partial charge is 0.387 e.